The summed E-state index contributed by atoms with van der Waals surface area (Å²) in [6.07, 6.45) is 0. The average Bonchev–Trinajstić information content (AvgIpc) is 2.62. The van der Waals surface area contributed by atoms with Crippen LogP contribution in [0.2, 0.25) is 0 Å². The average molecular weight is 380 g/mol. The molecule has 1 saturated heterocycles. The van der Waals surface area contributed by atoms with Gasteiger partial charge in [-0.3, -0.25) is 10.1 Å². The molecule has 0 unspecified atom stereocenters. The highest BCUT2D eigenvalue weighted by atomic mass is 32.2. The molecule has 0 saturated carbocycles. The molecule has 3 rings (SSSR count). The monoisotopic (exact) mass is 380 g/mol. The lowest BCUT2D eigenvalue weighted by atomic mass is 10.2. The molecule has 2 aromatic carbocycles. The van der Waals surface area contributed by atoms with E-state index in [0.29, 0.717) is 19.6 Å². The van der Waals surface area contributed by atoms with Crippen molar-refractivity contribution in [2.24, 2.45) is 0 Å². The van der Waals surface area contributed by atoms with E-state index < -0.39 is 20.6 Å². The number of halogens is 1. The summed E-state index contributed by atoms with van der Waals surface area (Å²) in [4.78, 5) is 11.3. The molecular weight excluding hydrogens is 361 g/mol. The molecule has 0 atom stereocenters. The third kappa shape index (κ3) is 3.90. The minimum Gasteiger partial charge on any atom is -0.329 e. The molecule has 1 heterocycles. The first kappa shape index (κ1) is 18.4. The molecule has 1 aliphatic heterocycles. The number of hydrogen-bond acceptors (Lipinski definition) is 4. The molecule has 2 aromatic rings. The molecule has 0 amide bonds. The largest absolute Gasteiger partial charge is 0.329 e. The van der Waals surface area contributed by atoms with Gasteiger partial charge >= 0.3 is 0 Å². The number of sulfonamides is 1. The fourth-order valence-electron chi connectivity index (χ4n) is 3.12. The maximum atomic E-state index is 13.3. The summed E-state index contributed by atoms with van der Waals surface area (Å²) in [5, 5.41) is 11.1. The van der Waals surface area contributed by atoms with Crippen LogP contribution < -0.4 is 4.90 Å². The van der Waals surface area contributed by atoms with Gasteiger partial charge < -0.3 is 4.90 Å². The van der Waals surface area contributed by atoms with Gasteiger partial charge in [-0.15, -0.1) is 0 Å². The van der Waals surface area contributed by atoms with Crippen LogP contribution >= 0.6 is 0 Å². The minimum atomic E-state index is -3.92. The highest BCUT2D eigenvalue weighted by Crippen LogP contribution is 2.26. The van der Waals surface area contributed by atoms with E-state index in [9.17, 15) is 22.9 Å². The molecular formula is C17H19FN3O4S+. The molecule has 26 heavy (non-hydrogen) atoms. The molecule has 7 nitrogen and oxygen atoms in total. The van der Waals surface area contributed by atoms with Crippen molar-refractivity contribution in [2.45, 2.75) is 11.4 Å². The first-order chi connectivity index (χ1) is 12.4. The number of hydrogen-bond donors (Lipinski definition) is 1. The molecule has 9 heteroatoms. The second-order valence-corrected chi connectivity index (χ2v) is 8.09. The number of para-hydroxylation sites is 1. The van der Waals surface area contributed by atoms with E-state index >= 15 is 0 Å². The Balaban J connectivity index is 1.70. The van der Waals surface area contributed by atoms with Crippen molar-refractivity contribution in [3.63, 3.8) is 0 Å². The summed E-state index contributed by atoms with van der Waals surface area (Å²) < 4.78 is 40.1. The Hall–Kier alpha value is -2.36. The fourth-order valence-corrected chi connectivity index (χ4v) is 4.72. The lowest BCUT2D eigenvalue weighted by molar-refractivity contribution is -0.917. The van der Waals surface area contributed by atoms with Crippen LogP contribution in [-0.2, 0) is 16.6 Å². The normalized spacial score (nSPS) is 16.5. The third-order valence-electron chi connectivity index (χ3n) is 4.45. The van der Waals surface area contributed by atoms with Crippen LogP contribution in [0.15, 0.2) is 53.4 Å². The van der Waals surface area contributed by atoms with Gasteiger partial charge in [0.15, 0.2) is 4.90 Å². The van der Waals surface area contributed by atoms with Crippen molar-refractivity contribution >= 4 is 15.7 Å². The Kier molecular flexibility index (Phi) is 5.30. The summed E-state index contributed by atoms with van der Waals surface area (Å²) in [6.45, 7) is 2.24. The summed E-state index contributed by atoms with van der Waals surface area (Å²) in [6, 6.07) is 11.7. The van der Waals surface area contributed by atoms with Crippen molar-refractivity contribution in [1.29, 1.82) is 0 Å². The SMILES string of the molecule is O=[N+]([O-])c1ccccc1S(=O)(=O)N1CC[NH+](Cc2cccc(F)c2)CC1. The van der Waals surface area contributed by atoms with Crippen molar-refractivity contribution in [2.75, 3.05) is 26.2 Å². The summed E-state index contributed by atoms with van der Waals surface area (Å²) in [7, 11) is -3.92. The number of nitrogens with one attached hydrogen (secondary N) is 1. The summed E-state index contributed by atoms with van der Waals surface area (Å²) in [5.74, 6) is -0.292. The lowest BCUT2D eigenvalue weighted by Gasteiger charge is -2.31. The number of benzene rings is 2. The van der Waals surface area contributed by atoms with Crippen LogP contribution in [-0.4, -0.2) is 43.8 Å². The zero-order chi connectivity index (χ0) is 18.7. The van der Waals surface area contributed by atoms with E-state index in [-0.39, 0.29) is 23.8 Å². The first-order valence-electron chi connectivity index (χ1n) is 8.19. The topological polar surface area (TPSA) is 85.0 Å². The smallest absolute Gasteiger partial charge is 0.289 e. The van der Waals surface area contributed by atoms with Gasteiger partial charge in [0.2, 0.25) is 10.0 Å². The van der Waals surface area contributed by atoms with Crippen LogP contribution in [0.5, 0.6) is 0 Å². The molecule has 0 aromatic heterocycles. The number of nitro benzene ring substituents is 1. The van der Waals surface area contributed by atoms with E-state index in [0.717, 1.165) is 10.5 Å². The van der Waals surface area contributed by atoms with Crippen LogP contribution in [0.1, 0.15) is 5.56 Å². The maximum Gasteiger partial charge on any atom is 0.289 e. The van der Waals surface area contributed by atoms with Crippen molar-refractivity contribution in [1.82, 2.24) is 4.31 Å². The number of rotatable bonds is 5. The Bertz CT molecular complexity index is 912. The Morgan fingerprint density at radius 2 is 1.81 bits per heavy atom. The molecule has 0 radical (unpaired) electrons. The van der Waals surface area contributed by atoms with Crippen LogP contribution in [0.3, 0.4) is 0 Å². The predicted molar refractivity (Wildman–Crippen MR) is 92.7 cm³/mol. The second kappa shape index (κ2) is 7.48. The maximum absolute atomic E-state index is 13.3. The minimum absolute atomic E-state index is 0.263. The number of nitro groups is 1. The van der Waals surface area contributed by atoms with E-state index in [1.165, 1.54) is 40.7 Å². The zero-order valence-corrected chi connectivity index (χ0v) is 14.8. The van der Waals surface area contributed by atoms with Gasteiger partial charge in [0.05, 0.1) is 31.1 Å². The van der Waals surface area contributed by atoms with E-state index in [1.807, 2.05) is 6.07 Å². The van der Waals surface area contributed by atoms with Gasteiger partial charge in [-0.25, -0.2) is 12.8 Å². The standard InChI is InChI=1S/C17H18FN3O4S/c18-15-5-3-4-14(12-15)13-19-8-10-20(11-9-19)26(24,25)17-7-2-1-6-16(17)21(22)23/h1-7,12H,8-11,13H2/p+1. The predicted octanol–water partition coefficient (Wildman–Crippen LogP) is 0.823. The van der Waals surface area contributed by atoms with Gasteiger partial charge in [-0.05, 0) is 18.2 Å². The van der Waals surface area contributed by atoms with E-state index in [2.05, 4.69) is 0 Å². The first-order valence-corrected chi connectivity index (χ1v) is 9.63. The molecule has 0 aliphatic carbocycles. The van der Waals surface area contributed by atoms with Crippen LogP contribution in [0.25, 0.3) is 0 Å². The number of quaternary nitrogens is 1. The molecule has 0 spiro atoms. The van der Waals surface area contributed by atoms with Gasteiger partial charge in [-0.1, -0.05) is 24.3 Å². The van der Waals surface area contributed by atoms with Crippen LogP contribution in [0, 0.1) is 15.9 Å². The van der Waals surface area contributed by atoms with E-state index in [4.69, 9.17) is 0 Å². The molecule has 0 bridgehead atoms. The quantitative estimate of drug-likeness (QED) is 0.615. The Morgan fingerprint density at radius 3 is 2.46 bits per heavy atom. The molecule has 1 fully saturated rings. The lowest BCUT2D eigenvalue weighted by Crippen LogP contribution is -3.13. The van der Waals surface area contributed by atoms with Crippen molar-refractivity contribution in [3.8, 4) is 0 Å². The van der Waals surface area contributed by atoms with Gasteiger partial charge in [0.1, 0.15) is 12.4 Å². The second-order valence-electron chi connectivity index (χ2n) is 6.19. The summed E-state index contributed by atoms with van der Waals surface area (Å²) >= 11 is 0. The van der Waals surface area contributed by atoms with Gasteiger partial charge in [-0.2, -0.15) is 4.31 Å². The Labute approximate surface area is 150 Å². The molecule has 138 valence electrons. The number of piperazine rings is 1. The summed E-state index contributed by atoms with van der Waals surface area (Å²) in [5.41, 5.74) is 0.442. The van der Waals surface area contributed by atoms with Gasteiger partial charge in [0.25, 0.3) is 5.69 Å². The van der Waals surface area contributed by atoms with E-state index in [1.54, 1.807) is 6.07 Å². The third-order valence-corrected chi connectivity index (χ3v) is 6.40. The zero-order valence-electron chi connectivity index (χ0n) is 14.0. The number of nitrogens with zero attached hydrogens (tertiary/aromatic N) is 2. The van der Waals surface area contributed by atoms with Crippen molar-refractivity contribution < 1.29 is 22.6 Å². The highest BCUT2D eigenvalue weighted by Gasteiger charge is 2.34. The molecule has 1 N–H and O–H groups in total. The fraction of sp³-hybridized carbons (Fsp3) is 0.294. The van der Waals surface area contributed by atoms with Crippen LogP contribution in [0.4, 0.5) is 10.1 Å². The Morgan fingerprint density at radius 1 is 1.12 bits per heavy atom. The highest BCUT2D eigenvalue weighted by molar-refractivity contribution is 7.89. The van der Waals surface area contributed by atoms with Crippen molar-refractivity contribution in [3.05, 3.63) is 70.0 Å². The van der Waals surface area contributed by atoms with Gasteiger partial charge in [0, 0.05) is 11.6 Å². The molecule has 1 aliphatic rings.